The van der Waals surface area contributed by atoms with Crippen LogP contribution in [-0.2, 0) is 4.79 Å². The Balaban J connectivity index is 1.82. The van der Waals surface area contributed by atoms with Crippen molar-refractivity contribution in [2.45, 2.75) is 38.6 Å². The number of amides is 2. The Morgan fingerprint density at radius 2 is 2.09 bits per heavy atom. The molecule has 2 rings (SSSR count). The van der Waals surface area contributed by atoms with Gasteiger partial charge in [0.1, 0.15) is 0 Å². The van der Waals surface area contributed by atoms with Crippen LogP contribution in [0.4, 0.5) is 0 Å². The summed E-state index contributed by atoms with van der Waals surface area (Å²) in [6, 6.07) is 8.81. The van der Waals surface area contributed by atoms with Gasteiger partial charge in [-0.2, -0.15) is 0 Å². The molecular formula is C18H27N3O2. The molecule has 1 aromatic carbocycles. The molecule has 126 valence electrons. The Hall–Kier alpha value is -1.88. The van der Waals surface area contributed by atoms with E-state index in [2.05, 4.69) is 5.32 Å². The number of carbonyl (C=O) groups is 2. The van der Waals surface area contributed by atoms with E-state index in [4.69, 9.17) is 5.73 Å². The number of piperidine rings is 1. The zero-order chi connectivity index (χ0) is 16.7. The van der Waals surface area contributed by atoms with Crippen molar-refractivity contribution in [2.75, 3.05) is 19.6 Å². The van der Waals surface area contributed by atoms with Crippen LogP contribution in [0.15, 0.2) is 30.3 Å². The molecule has 2 amide bonds. The molecule has 0 aliphatic carbocycles. The monoisotopic (exact) mass is 317 g/mol. The fraction of sp³-hybridized carbons (Fsp3) is 0.556. The molecule has 2 atom stereocenters. The summed E-state index contributed by atoms with van der Waals surface area (Å²) in [5, 5.41) is 2.97. The predicted octanol–water partition coefficient (Wildman–Crippen LogP) is 1.78. The van der Waals surface area contributed by atoms with Crippen LogP contribution in [-0.4, -0.2) is 42.4 Å². The number of nitrogens with zero attached hydrogens (tertiary/aromatic N) is 1. The molecule has 3 N–H and O–H groups in total. The summed E-state index contributed by atoms with van der Waals surface area (Å²) in [4.78, 5) is 26.3. The van der Waals surface area contributed by atoms with Gasteiger partial charge in [0.05, 0.1) is 6.04 Å². The summed E-state index contributed by atoms with van der Waals surface area (Å²) >= 11 is 0. The number of hydrogen-bond acceptors (Lipinski definition) is 3. The molecule has 1 saturated heterocycles. The Kier molecular flexibility index (Phi) is 6.59. The summed E-state index contributed by atoms with van der Waals surface area (Å²) in [5.41, 5.74) is 6.61. The lowest BCUT2D eigenvalue weighted by Gasteiger charge is -2.34. The smallest absolute Gasteiger partial charge is 0.251 e. The van der Waals surface area contributed by atoms with Gasteiger partial charge in [-0.05, 0) is 37.3 Å². The average Bonchev–Trinajstić information content (AvgIpc) is 2.60. The lowest BCUT2D eigenvalue weighted by molar-refractivity contribution is -0.134. The molecule has 1 heterocycles. The molecule has 0 saturated carbocycles. The van der Waals surface area contributed by atoms with Crippen LogP contribution < -0.4 is 11.1 Å². The van der Waals surface area contributed by atoms with E-state index in [0.717, 1.165) is 32.2 Å². The fourth-order valence-corrected chi connectivity index (χ4v) is 3.03. The topological polar surface area (TPSA) is 75.4 Å². The third-order valence-electron chi connectivity index (χ3n) is 4.33. The van der Waals surface area contributed by atoms with Gasteiger partial charge in [-0.1, -0.05) is 31.5 Å². The maximum Gasteiger partial charge on any atom is 0.251 e. The number of nitrogens with one attached hydrogen (secondary N) is 1. The minimum atomic E-state index is -0.391. The van der Waals surface area contributed by atoms with Crippen molar-refractivity contribution in [3.63, 3.8) is 0 Å². The van der Waals surface area contributed by atoms with Gasteiger partial charge in [0.25, 0.3) is 5.91 Å². The van der Waals surface area contributed by atoms with E-state index in [0.29, 0.717) is 24.6 Å². The molecule has 1 aliphatic heterocycles. The zero-order valence-electron chi connectivity index (χ0n) is 13.8. The molecule has 0 radical (unpaired) electrons. The van der Waals surface area contributed by atoms with Gasteiger partial charge < -0.3 is 16.0 Å². The number of hydrogen-bond donors (Lipinski definition) is 2. The van der Waals surface area contributed by atoms with Crippen molar-refractivity contribution in [1.82, 2.24) is 10.2 Å². The summed E-state index contributed by atoms with van der Waals surface area (Å²) in [6.45, 7) is 4.09. The van der Waals surface area contributed by atoms with Crippen LogP contribution in [0.5, 0.6) is 0 Å². The molecular weight excluding hydrogens is 290 g/mol. The first kappa shape index (κ1) is 17.5. The first-order chi connectivity index (χ1) is 11.1. The average molecular weight is 317 g/mol. The summed E-state index contributed by atoms with van der Waals surface area (Å²) in [7, 11) is 0. The minimum Gasteiger partial charge on any atom is -0.352 e. The van der Waals surface area contributed by atoms with Crippen molar-refractivity contribution in [3.05, 3.63) is 35.9 Å². The van der Waals surface area contributed by atoms with Crippen molar-refractivity contribution < 1.29 is 9.59 Å². The number of likely N-dealkylation sites (tertiary alicyclic amines) is 1. The van der Waals surface area contributed by atoms with Gasteiger partial charge in [0.15, 0.2) is 0 Å². The Morgan fingerprint density at radius 1 is 1.35 bits per heavy atom. The maximum absolute atomic E-state index is 12.3. The van der Waals surface area contributed by atoms with Gasteiger partial charge >= 0.3 is 0 Å². The third kappa shape index (κ3) is 5.06. The first-order valence-corrected chi connectivity index (χ1v) is 8.49. The van der Waals surface area contributed by atoms with Crippen LogP contribution in [0.25, 0.3) is 0 Å². The maximum atomic E-state index is 12.3. The molecule has 5 nitrogen and oxygen atoms in total. The van der Waals surface area contributed by atoms with E-state index >= 15 is 0 Å². The van der Waals surface area contributed by atoms with E-state index in [1.54, 1.807) is 12.1 Å². The molecule has 5 heteroatoms. The van der Waals surface area contributed by atoms with Crippen LogP contribution in [0.2, 0.25) is 0 Å². The summed E-state index contributed by atoms with van der Waals surface area (Å²) in [5.74, 6) is 0.289. The van der Waals surface area contributed by atoms with E-state index in [1.165, 1.54) is 0 Å². The highest BCUT2D eigenvalue weighted by molar-refractivity contribution is 5.94. The van der Waals surface area contributed by atoms with Crippen LogP contribution >= 0.6 is 0 Å². The largest absolute Gasteiger partial charge is 0.352 e. The van der Waals surface area contributed by atoms with E-state index < -0.39 is 6.04 Å². The van der Waals surface area contributed by atoms with Crippen LogP contribution in [0.1, 0.15) is 43.0 Å². The number of nitrogens with two attached hydrogens (primary N) is 1. The highest BCUT2D eigenvalue weighted by atomic mass is 16.2. The molecule has 1 fully saturated rings. The number of rotatable bonds is 6. The fourth-order valence-electron chi connectivity index (χ4n) is 3.03. The normalized spacial score (nSPS) is 19.2. The van der Waals surface area contributed by atoms with Crippen molar-refractivity contribution >= 4 is 11.8 Å². The predicted molar refractivity (Wildman–Crippen MR) is 91.0 cm³/mol. The van der Waals surface area contributed by atoms with Crippen LogP contribution in [0, 0.1) is 5.92 Å². The quantitative estimate of drug-likeness (QED) is 0.840. The second-order valence-corrected chi connectivity index (χ2v) is 6.26. The SMILES string of the molecule is CCCC(N)C(=O)N1CCCC(CNC(=O)c2ccccc2)C1. The lowest BCUT2D eigenvalue weighted by atomic mass is 9.97. The van der Waals surface area contributed by atoms with Gasteiger partial charge in [0.2, 0.25) is 5.91 Å². The zero-order valence-corrected chi connectivity index (χ0v) is 13.8. The highest BCUT2D eigenvalue weighted by Gasteiger charge is 2.26. The van der Waals surface area contributed by atoms with Gasteiger partial charge in [-0.25, -0.2) is 0 Å². The van der Waals surface area contributed by atoms with E-state index in [-0.39, 0.29) is 11.8 Å². The van der Waals surface area contributed by atoms with Crippen molar-refractivity contribution in [2.24, 2.45) is 11.7 Å². The molecule has 0 aromatic heterocycles. The summed E-state index contributed by atoms with van der Waals surface area (Å²) in [6.07, 6.45) is 3.64. The summed E-state index contributed by atoms with van der Waals surface area (Å²) < 4.78 is 0. The van der Waals surface area contributed by atoms with Gasteiger partial charge in [-0.15, -0.1) is 0 Å². The Morgan fingerprint density at radius 3 is 2.78 bits per heavy atom. The van der Waals surface area contributed by atoms with Gasteiger partial charge in [-0.3, -0.25) is 9.59 Å². The third-order valence-corrected chi connectivity index (χ3v) is 4.33. The van der Waals surface area contributed by atoms with Gasteiger partial charge in [0, 0.05) is 25.2 Å². The van der Waals surface area contributed by atoms with Crippen molar-refractivity contribution in [3.8, 4) is 0 Å². The Labute approximate surface area is 138 Å². The number of carbonyl (C=O) groups excluding carboxylic acids is 2. The number of benzene rings is 1. The molecule has 2 unspecified atom stereocenters. The molecule has 0 spiro atoms. The van der Waals surface area contributed by atoms with E-state index in [9.17, 15) is 9.59 Å². The molecule has 1 aliphatic rings. The Bertz CT molecular complexity index is 518. The lowest BCUT2D eigenvalue weighted by Crippen LogP contribution is -2.49. The minimum absolute atomic E-state index is 0.0472. The van der Waals surface area contributed by atoms with Crippen molar-refractivity contribution in [1.29, 1.82) is 0 Å². The standard InChI is InChI=1S/C18H27N3O2/c1-2-7-16(19)18(23)21-11-6-8-14(13-21)12-20-17(22)15-9-4-3-5-10-15/h3-5,9-10,14,16H,2,6-8,11-13,19H2,1H3,(H,20,22). The molecule has 0 bridgehead atoms. The van der Waals surface area contributed by atoms with E-state index in [1.807, 2.05) is 30.0 Å². The highest BCUT2D eigenvalue weighted by Crippen LogP contribution is 2.17. The molecule has 23 heavy (non-hydrogen) atoms. The second-order valence-electron chi connectivity index (χ2n) is 6.26. The molecule has 1 aromatic rings. The second kappa shape index (κ2) is 8.67. The first-order valence-electron chi connectivity index (χ1n) is 8.49. The van der Waals surface area contributed by atoms with Crippen LogP contribution in [0.3, 0.4) is 0 Å².